The molecule has 0 aliphatic heterocycles. The fourth-order valence-electron chi connectivity index (χ4n) is 2.41. The molecule has 0 heterocycles. The average molecular weight is 341 g/mol. The van der Waals surface area contributed by atoms with E-state index in [-0.39, 0.29) is 5.91 Å². The van der Waals surface area contributed by atoms with Crippen molar-refractivity contribution >= 4 is 17.6 Å². The van der Waals surface area contributed by atoms with E-state index in [4.69, 9.17) is 9.47 Å². The predicted molar refractivity (Wildman–Crippen MR) is 97.2 cm³/mol. The first-order valence-corrected chi connectivity index (χ1v) is 8.05. The van der Waals surface area contributed by atoms with E-state index in [2.05, 4.69) is 5.32 Å². The lowest BCUT2D eigenvalue weighted by molar-refractivity contribution is -0.122. The van der Waals surface area contributed by atoms with Crippen molar-refractivity contribution in [3.8, 4) is 5.75 Å². The number of hydrogen-bond acceptors (Lipinski definition) is 4. The van der Waals surface area contributed by atoms with Crippen LogP contribution in [-0.2, 0) is 9.53 Å². The summed E-state index contributed by atoms with van der Waals surface area (Å²) in [7, 11) is 1.32. The zero-order valence-electron chi connectivity index (χ0n) is 15.2. The number of benzene rings is 2. The second-order valence-corrected chi connectivity index (χ2v) is 6.04. The molecule has 0 radical (unpaired) electrons. The maximum atomic E-state index is 12.4. The largest absolute Gasteiger partial charge is 0.481 e. The summed E-state index contributed by atoms with van der Waals surface area (Å²) in [6.07, 6.45) is -0.678. The molecule has 2 rings (SSSR count). The minimum Gasteiger partial charge on any atom is -0.481 e. The molecule has 5 heteroatoms. The minimum absolute atomic E-state index is 0.287. The highest BCUT2D eigenvalue weighted by atomic mass is 16.5. The Morgan fingerprint density at radius 3 is 2.36 bits per heavy atom. The molecule has 1 amide bonds. The van der Waals surface area contributed by atoms with Crippen LogP contribution in [0.15, 0.2) is 36.4 Å². The molecule has 1 N–H and O–H groups in total. The van der Waals surface area contributed by atoms with Gasteiger partial charge in [0.05, 0.1) is 12.7 Å². The average Bonchev–Trinajstić information content (AvgIpc) is 2.58. The van der Waals surface area contributed by atoms with Gasteiger partial charge in [-0.05, 0) is 57.0 Å². The number of carbonyl (C=O) groups is 2. The lowest BCUT2D eigenvalue weighted by atomic mass is 10.1. The molecule has 132 valence electrons. The van der Waals surface area contributed by atoms with Crippen molar-refractivity contribution in [3.05, 3.63) is 58.7 Å². The molecular weight excluding hydrogens is 318 g/mol. The maximum Gasteiger partial charge on any atom is 0.337 e. The Bertz CT molecular complexity index is 798. The van der Waals surface area contributed by atoms with Crippen molar-refractivity contribution in [2.75, 3.05) is 12.4 Å². The van der Waals surface area contributed by atoms with Gasteiger partial charge in [0.15, 0.2) is 6.10 Å². The van der Waals surface area contributed by atoms with E-state index < -0.39 is 12.1 Å². The zero-order valence-corrected chi connectivity index (χ0v) is 15.2. The highest BCUT2D eigenvalue weighted by molar-refractivity contribution is 5.97. The van der Waals surface area contributed by atoms with Crippen LogP contribution in [0, 0.1) is 20.8 Å². The van der Waals surface area contributed by atoms with Crippen LogP contribution in [0.3, 0.4) is 0 Å². The highest BCUT2D eigenvalue weighted by Gasteiger charge is 2.17. The molecule has 25 heavy (non-hydrogen) atoms. The fraction of sp³-hybridized carbons (Fsp3) is 0.300. The summed E-state index contributed by atoms with van der Waals surface area (Å²) in [4.78, 5) is 24.1. The van der Waals surface area contributed by atoms with Crippen molar-refractivity contribution in [1.29, 1.82) is 0 Å². The number of carbonyl (C=O) groups excluding carboxylic acids is 2. The summed E-state index contributed by atoms with van der Waals surface area (Å²) < 4.78 is 10.5. The highest BCUT2D eigenvalue weighted by Crippen LogP contribution is 2.22. The van der Waals surface area contributed by atoms with Gasteiger partial charge in [-0.3, -0.25) is 4.79 Å². The third-order valence-corrected chi connectivity index (χ3v) is 3.92. The van der Waals surface area contributed by atoms with Crippen LogP contribution in [0.1, 0.15) is 34.0 Å². The Kier molecular flexibility index (Phi) is 5.80. The number of methoxy groups -OCH3 is 1. The van der Waals surface area contributed by atoms with Gasteiger partial charge < -0.3 is 14.8 Å². The predicted octanol–water partition coefficient (Wildman–Crippen LogP) is 3.80. The van der Waals surface area contributed by atoms with Gasteiger partial charge in [0, 0.05) is 5.69 Å². The number of rotatable bonds is 5. The van der Waals surface area contributed by atoms with E-state index in [1.165, 1.54) is 7.11 Å². The van der Waals surface area contributed by atoms with Gasteiger partial charge >= 0.3 is 5.97 Å². The normalized spacial score (nSPS) is 11.6. The monoisotopic (exact) mass is 341 g/mol. The third-order valence-electron chi connectivity index (χ3n) is 3.92. The van der Waals surface area contributed by atoms with Gasteiger partial charge in [0.2, 0.25) is 0 Å². The van der Waals surface area contributed by atoms with E-state index in [9.17, 15) is 9.59 Å². The number of ether oxygens (including phenoxy) is 2. The Hall–Kier alpha value is -2.82. The van der Waals surface area contributed by atoms with Crippen LogP contribution in [0.5, 0.6) is 5.75 Å². The maximum absolute atomic E-state index is 12.4. The van der Waals surface area contributed by atoms with Gasteiger partial charge in [0.1, 0.15) is 5.75 Å². The molecule has 0 saturated heterocycles. The van der Waals surface area contributed by atoms with Crippen LogP contribution < -0.4 is 10.1 Å². The van der Waals surface area contributed by atoms with Crippen molar-refractivity contribution in [1.82, 2.24) is 0 Å². The molecule has 2 aromatic rings. The number of nitrogens with one attached hydrogen (secondary N) is 1. The first-order valence-electron chi connectivity index (χ1n) is 8.05. The van der Waals surface area contributed by atoms with E-state index >= 15 is 0 Å². The summed E-state index contributed by atoms with van der Waals surface area (Å²) >= 11 is 0. The Labute approximate surface area is 148 Å². The molecular formula is C20H23NO4. The Balaban J connectivity index is 2.12. The van der Waals surface area contributed by atoms with Crippen LogP contribution in [-0.4, -0.2) is 25.1 Å². The standard InChI is InChI=1S/C20H23NO4/c1-12-6-9-18(14(3)10-12)25-15(4)19(22)21-17-11-16(20(23)24-5)8-7-13(17)2/h6-11,15H,1-5H3,(H,21,22)/t15-/m0/s1. The van der Waals surface area contributed by atoms with Crippen molar-refractivity contribution in [2.45, 2.75) is 33.8 Å². The molecule has 5 nitrogen and oxygen atoms in total. The zero-order chi connectivity index (χ0) is 18.6. The van der Waals surface area contributed by atoms with E-state index in [1.54, 1.807) is 25.1 Å². The van der Waals surface area contributed by atoms with Crippen molar-refractivity contribution < 1.29 is 19.1 Å². The summed E-state index contributed by atoms with van der Waals surface area (Å²) in [6, 6.07) is 10.8. The van der Waals surface area contributed by atoms with E-state index in [0.29, 0.717) is 17.0 Å². The van der Waals surface area contributed by atoms with Crippen LogP contribution in [0.2, 0.25) is 0 Å². The van der Waals surface area contributed by atoms with Gasteiger partial charge in [-0.2, -0.15) is 0 Å². The van der Waals surface area contributed by atoms with Crippen LogP contribution in [0.4, 0.5) is 5.69 Å². The van der Waals surface area contributed by atoms with E-state index in [0.717, 1.165) is 16.7 Å². The summed E-state index contributed by atoms with van der Waals surface area (Å²) in [5.41, 5.74) is 3.90. The van der Waals surface area contributed by atoms with Gasteiger partial charge in [-0.1, -0.05) is 23.8 Å². The van der Waals surface area contributed by atoms with Crippen molar-refractivity contribution in [2.24, 2.45) is 0 Å². The lowest BCUT2D eigenvalue weighted by Crippen LogP contribution is -2.30. The summed E-state index contributed by atoms with van der Waals surface area (Å²) in [6.45, 7) is 7.49. The molecule has 0 fully saturated rings. The molecule has 0 unspecified atom stereocenters. The molecule has 1 atom stereocenters. The first-order chi connectivity index (χ1) is 11.8. The summed E-state index contributed by atoms with van der Waals surface area (Å²) in [5, 5.41) is 2.81. The smallest absolute Gasteiger partial charge is 0.337 e. The van der Waals surface area contributed by atoms with Crippen LogP contribution >= 0.6 is 0 Å². The van der Waals surface area contributed by atoms with Crippen molar-refractivity contribution in [3.63, 3.8) is 0 Å². The first kappa shape index (κ1) is 18.5. The molecule has 0 aliphatic rings. The Morgan fingerprint density at radius 2 is 1.72 bits per heavy atom. The SMILES string of the molecule is COC(=O)c1ccc(C)c(NC(=O)[C@H](C)Oc2ccc(C)cc2C)c1. The number of hydrogen-bond donors (Lipinski definition) is 1. The number of esters is 1. The molecule has 0 aromatic heterocycles. The fourth-order valence-corrected chi connectivity index (χ4v) is 2.41. The molecule has 2 aromatic carbocycles. The second-order valence-electron chi connectivity index (χ2n) is 6.04. The molecule has 0 aliphatic carbocycles. The van der Waals surface area contributed by atoms with Gasteiger partial charge in [-0.15, -0.1) is 0 Å². The minimum atomic E-state index is -0.678. The number of anilines is 1. The Morgan fingerprint density at radius 1 is 1.00 bits per heavy atom. The van der Waals surface area contributed by atoms with Crippen LogP contribution in [0.25, 0.3) is 0 Å². The number of aryl methyl sites for hydroxylation is 3. The molecule has 0 bridgehead atoms. The quantitative estimate of drug-likeness (QED) is 0.840. The lowest BCUT2D eigenvalue weighted by Gasteiger charge is -2.17. The topological polar surface area (TPSA) is 64.6 Å². The third kappa shape index (κ3) is 4.59. The number of amides is 1. The van der Waals surface area contributed by atoms with E-state index in [1.807, 2.05) is 39.0 Å². The second kappa shape index (κ2) is 7.83. The van der Waals surface area contributed by atoms with Gasteiger partial charge in [-0.25, -0.2) is 4.79 Å². The molecule has 0 saturated carbocycles. The summed E-state index contributed by atoms with van der Waals surface area (Å²) in [5.74, 6) is -0.0616. The van der Waals surface area contributed by atoms with Gasteiger partial charge in [0.25, 0.3) is 5.91 Å². The molecule has 0 spiro atoms.